The highest BCUT2D eigenvalue weighted by molar-refractivity contribution is 5.71. The number of pyridine rings is 1. The number of rotatable bonds is 4. The van der Waals surface area contributed by atoms with Gasteiger partial charge in [-0.3, -0.25) is 9.78 Å². The van der Waals surface area contributed by atoms with Gasteiger partial charge in [0.2, 0.25) is 0 Å². The molecule has 1 aromatic heterocycles. The number of aliphatic carboxylic acids is 1. The third-order valence-corrected chi connectivity index (χ3v) is 2.13. The molecule has 0 atom stereocenters. The van der Waals surface area contributed by atoms with Crippen molar-refractivity contribution in [2.45, 2.75) is 26.3 Å². The van der Waals surface area contributed by atoms with Crippen molar-refractivity contribution in [2.75, 3.05) is 0 Å². The van der Waals surface area contributed by atoms with Crippen LogP contribution in [-0.4, -0.2) is 16.1 Å². The number of carboxylic acids is 1. The molecule has 0 saturated heterocycles. The fourth-order valence-electron chi connectivity index (χ4n) is 1.51. The van der Waals surface area contributed by atoms with Crippen molar-refractivity contribution in [3.8, 4) is 0 Å². The van der Waals surface area contributed by atoms with E-state index in [1.807, 2.05) is 0 Å². The average Bonchev–Trinajstić information content (AvgIpc) is 2.19. The zero-order chi connectivity index (χ0) is 12.3. The van der Waals surface area contributed by atoms with Gasteiger partial charge in [0.15, 0.2) is 0 Å². The molecule has 0 radical (unpaired) electrons. The normalized spacial score (nSPS) is 10.8. The van der Waals surface area contributed by atoms with Crippen LogP contribution in [0.5, 0.6) is 0 Å². The minimum absolute atomic E-state index is 0.0237. The molecule has 16 heavy (non-hydrogen) atoms. The molecule has 0 aromatic carbocycles. The number of halogens is 2. The Balaban J connectivity index is 3.32. The minimum atomic E-state index is -2.72. The van der Waals surface area contributed by atoms with E-state index in [-0.39, 0.29) is 23.4 Å². The van der Waals surface area contributed by atoms with E-state index in [2.05, 4.69) is 4.98 Å². The highest BCUT2D eigenvalue weighted by Gasteiger charge is 2.19. The number of carbonyl (C=O) groups is 1. The van der Waals surface area contributed by atoms with Gasteiger partial charge in [0.25, 0.3) is 6.43 Å². The number of hydrogen-bond donors (Lipinski definition) is 2. The molecule has 1 rings (SSSR count). The van der Waals surface area contributed by atoms with E-state index >= 15 is 0 Å². The molecule has 0 unspecified atom stereocenters. The van der Waals surface area contributed by atoms with E-state index in [1.165, 1.54) is 6.07 Å². The molecule has 0 spiro atoms. The van der Waals surface area contributed by atoms with Crippen LogP contribution < -0.4 is 5.73 Å². The Morgan fingerprint density at radius 2 is 2.25 bits per heavy atom. The van der Waals surface area contributed by atoms with Gasteiger partial charge in [-0.15, -0.1) is 0 Å². The molecular weight excluding hydrogens is 218 g/mol. The first kappa shape index (κ1) is 12.5. The van der Waals surface area contributed by atoms with Crippen LogP contribution in [0, 0.1) is 6.92 Å². The first-order chi connectivity index (χ1) is 7.45. The number of aromatic nitrogens is 1. The summed E-state index contributed by atoms with van der Waals surface area (Å²) >= 11 is 0. The average molecular weight is 230 g/mol. The molecule has 0 fully saturated rings. The summed E-state index contributed by atoms with van der Waals surface area (Å²) in [4.78, 5) is 14.5. The third-order valence-electron chi connectivity index (χ3n) is 2.13. The molecule has 88 valence electrons. The summed E-state index contributed by atoms with van der Waals surface area (Å²) in [6.07, 6.45) is -3.21. The summed E-state index contributed by atoms with van der Waals surface area (Å²) in [6, 6.07) is 1.20. The summed E-state index contributed by atoms with van der Waals surface area (Å²) < 4.78 is 25.4. The van der Waals surface area contributed by atoms with E-state index < -0.39 is 18.8 Å². The lowest BCUT2D eigenvalue weighted by atomic mass is 10.0. The minimum Gasteiger partial charge on any atom is -0.481 e. The molecule has 6 heteroatoms. The summed E-state index contributed by atoms with van der Waals surface area (Å²) in [5.74, 6) is -1.18. The Morgan fingerprint density at radius 1 is 1.62 bits per heavy atom. The summed E-state index contributed by atoms with van der Waals surface area (Å²) in [5, 5.41) is 8.65. The van der Waals surface area contributed by atoms with Gasteiger partial charge in [-0.05, 0) is 18.6 Å². The molecule has 0 aliphatic rings. The van der Waals surface area contributed by atoms with Gasteiger partial charge >= 0.3 is 5.97 Å². The maximum atomic E-state index is 12.7. The second kappa shape index (κ2) is 4.98. The van der Waals surface area contributed by atoms with Gasteiger partial charge in [-0.1, -0.05) is 0 Å². The highest BCUT2D eigenvalue weighted by Crippen LogP contribution is 2.26. The van der Waals surface area contributed by atoms with Gasteiger partial charge in [0.1, 0.15) is 0 Å². The SMILES string of the molecule is Cc1cc(C(F)F)c(CC(=O)O)c(CN)n1. The van der Waals surface area contributed by atoms with Crippen molar-refractivity contribution >= 4 is 5.97 Å². The molecule has 1 heterocycles. The maximum Gasteiger partial charge on any atom is 0.307 e. The molecule has 0 aliphatic carbocycles. The lowest BCUT2D eigenvalue weighted by molar-refractivity contribution is -0.136. The summed E-state index contributed by atoms with van der Waals surface area (Å²) in [7, 11) is 0. The Kier molecular flexibility index (Phi) is 3.89. The standard InChI is InChI=1S/C10H12F2N2O2/c1-5-2-7(10(11)12)6(3-9(15)16)8(4-13)14-5/h2,10H,3-4,13H2,1H3,(H,15,16). The summed E-state index contributed by atoms with van der Waals surface area (Å²) in [6.45, 7) is 1.51. The van der Waals surface area contributed by atoms with E-state index in [0.717, 1.165) is 0 Å². The largest absolute Gasteiger partial charge is 0.481 e. The van der Waals surface area contributed by atoms with E-state index in [9.17, 15) is 13.6 Å². The molecule has 0 aliphatic heterocycles. The Labute approximate surface area is 91.1 Å². The first-order valence-electron chi connectivity index (χ1n) is 4.65. The topological polar surface area (TPSA) is 76.2 Å². The van der Waals surface area contributed by atoms with Crippen molar-refractivity contribution in [3.63, 3.8) is 0 Å². The van der Waals surface area contributed by atoms with E-state index in [4.69, 9.17) is 10.8 Å². The number of aryl methyl sites for hydroxylation is 1. The van der Waals surface area contributed by atoms with Crippen molar-refractivity contribution in [2.24, 2.45) is 5.73 Å². The number of carboxylic acid groups (broad SMARTS) is 1. The summed E-state index contributed by atoms with van der Waals surface area (Å²) in [5.41, 5.74) is 5.72. The zero-order valence-corrected chi connectivity index (χ0v) is 8.70. The smallest absolute Gasteiger partial charge is 0.307 e. The van der Waals surface area contributed by atoms with E-state index in [0.29, 0.717) is 5.69 Å². The van der Waals surface area contributed by atoms with Crippen LogP contribution in [0.15, 0.2) is 6.07 Å². The van der Waals surface area contributed by atoms with Gasteiger partial charge in [-0.2, -0.15) is 0 Å². The quantitative estimate of drug-likeness (QED) is 0.820. The fraction of sp³-hybridized carbons (Fsp3) is 0.400. The van der Waals surface area contributed by atoms with Crippen molar-refractivity contribution in [1.82, 2.24) is 4.98 Å². The van der Waals surface area contributed by atoms with Crippen molar-refractivity contribution < 1.29 is 18.7 Å². The number of alkyl halides is 2. The Hall–Kier alpha value is -1.56. The van der Waals surface area contributed by atoms with Crippen molar-refractivity contribution in [3.05, 3.63) is 28.6 Å². The second-order valence-corrected chi connectivity index (χ2v) is 3.35. The molecule has 0 bridgehead atoms. The monoisotopic (exact) mass is 230 g/mol. The van der Waals surface area contributed by atoms with Crippen molar-refractivity contribution in [1.29, 1.82) is 0 Å². The Morgan fingerprint density at radius 3 is 2.69 bits per heavy atom. The molecule has 1 aromatic rings. The number of hydrogen-bond acceptors (Lipinski definition) is 3. The number of nitrogens with two attached hydrogens (primary N) is 1. The van der Waals surface area contributed by atoms with Gasteiger partial charge < -0.3 is 10.8 Å². The molecule has 3 N–H and O–H groups in total. The van der Waals surface area contributed by atoms with E-state index in [1.54, 1.807) is 6.92 Å². The Bertz CT molecular complexity index is 408. The van der Waals surface area contributed by atoms with Gasteiger partial charge in [-0.25, -0.2) is 8.78 Å². The second-order valence-electron chi connectivity index (χ2n) is 3.35. The lowest BCUT2D eigenvalue weighted by Gasteiger charge is -2.12. The van der Waals surface area contributed by atoms with Crippen LogP contribution >= 0.6 is 0 Å². The third kappa shape index (κ3) is 2.73. The zero-order valence-electron chi connectivity index (χ0n) is 8.70. The highest BCUT2D eigenvalue weighted by atomic mass is 19.3. The number of nitrogens with zero attached hydrogens (tertiary/aromatic N) is 1. The van der Waals surface area contributed by atoms with Crippen LogP contribution in [0.4, 0.5) is 8.78 Å². The predicted molar refractivity (Wildman–Crippen MR) is 53.2 cm³/mol. The maximum absolute atomic E-state index is 12.7. The van der Waals surface area contributed by atoms with Crippen LogP contribution in [0.25, 0.3) is 0 Å². The van der Waals surface area contributed by atoms with Gasteiger partial charge in [0, 0.05) is 17.8 Å². The molecule has 4 nitrogen and oxygen atoms in total. The first-order valence-corrected chi connectivity index (χ1v) is 4.65. The molecule has 0 amide bonds. The molecule has 0 saturated carbocycles. The predicted octanol–water partition coefficient (Wildman–Crippen LogP) is 1.41. The van der Waals surface area contributed by atoms with Crippen LogP contribution in [-0.2, 0) is 17.8 Å². The van der Waals surface area contributed by atoms with Gasteiger partial charge in [0.05, 0.1) is 12.1 Å². The van der Waals surface area contributed by atoms with Crippen LogP contribution in [0.3, 0.4) is 0 Å². The molecular formula is C10H12F2N2O2. The lowest BCUT2D eigenvalue weighted by Crippen LogP contribution is -2.13. The fourth-order valence-corrected chi connectivity index (χ4v) is 1.51. The van der Waals surface area contributed by atoms with Crippen LogP contribution in [0.2, 0.25) is 0 Å². The van der Waals surface area contributed by atoms with Crippen LogP contribution in [0.1, 0.15) is 28.9 Å².